The summed E-state index contributed by atoms with van der Waals surface area (Å²) in [5, 5.41) is 2.11. The number of allylic oxidation sites excluding steroid dienone is 1. The molecule has 3 aromatic heterocycles. The Balaban J connectivity index is 0.000000190. The van der Waals surface area contributed by atoms with Crippen molar-refractivity contribution in [2.45, 2.75) is 69.9 Å². The number of hydrogen-bond acceptors (Lipinski definition) is 7. The fourth-order valence-corrected chi connectivity index (χ4v) is 11.5. The molecular weight excluding hydrogens is 941 g/mol. The zero-order chi connectivity index (χ0) is 46.6. The average Bonchev–Trinajstić information content (AvgIpc) is 3.98. The van der Waals surface area contributed by atoms with Gasteiger partial charge in [-0.15, -0.1) is 0 Å². The maximum Gasteiger partial charge on any atom is 1.00 e. The fourth-order valence-electron chi connectivity index (χ4n) is 9.77. The van der Waals surface area contributed by atoms with Gasteiger partial charge in [0.25, 0.3) is 10.0 Å². The number of hydrogen-bond donors (Lipinski definition) is 0. The van der Waals surface area contributed by atoms with Gasteiger partial charge in [0.15, 0.2) is 5.65 Å². The Hall–Kier alpha value is -4.91. The molecule has 3 aliphatic rings. The predicted octanol–water partition coefficient (Wildman–Crippen LogP) is 10.8. The molecule has 0 radical (unpaired) electrons. The molecule has 0 unspecified atom stereocenters. The van der Waals surface area contributed by atoms with E-state index in [2.05, 4.69) is 76.5 Å². The minimum Gasteiger partial charge on any atom is -0.870 e. The third-order valence-corrected chi connectivity index (χ3v) is 15.6. The van der Waals surface area contributed by atoms with Crippen molar-refractivity contribution in [1.82, 2.24) is 23.7 Å². The molecule has 1 aliphatic carbocycles. The molecule has 11 rings (SSSR count). The van der Waals surface area contributed by atoms with E-state index in [4.69, 9.17) is 33.2 Å². The Labute approximate surface area is 444 Å². The summed E-state index contributed by atoms with van der Waals surface area (Å²) in [5.41, 5.74) is 14.8. The van der Waals surface area contributed by atoms with E-state index in [-0.39, 0.29) is 39.9 Å². The Morgan fingerprint density at radius 2 is 1.09 bits per heavy atom. The van der Waals surface area contributed by atoms with Crippen molar-refractivity contribution < 1.29 is 43.5 Å². The van der Waals surface area contributed by atoms with Gasteiger partial charge in [0.2, 0.25) is 0 Å². The Kier molecular flexibility index (Phi) is 17.0. The number of pyridine rings is 2. The van der Waals surface area contributed by atoms with Gasteiger partial charge in [0, 0.05) is 75.8 Å². The van der Waals surface area contributed by atoms with Crippen molar-refractivity contribution in [3.63, 3.8) is 0 Å². The second kappa shape index (κ2) is 23.1. The fraction of sp³-hybridized carbons (Fsp3) is 0.241. The third kappa shape index (κ3) is 11.7. The SMILES string of the molecule is Cc1ccc(S(=O)(=O)n2cc(-c3cccc(Cl)c3)c3cc(-c4ccc(CN5CCCCC5)cc4)cnc32)cc1.Clc1cccc(C2=CCc3ncc(-c4ccc(CN5CCCCC5)cc4)cc32)c1.[Na+].[OH-]. The van der Waals surface area contributed by atoms with E-state index in [1.165, 1.54) is 89.0 Å². The Bertz CT molecular complexity index is 3220. The van der Waals surface area contributed by atoms with Gasteiger partial charge < -0.3 is 5.48 Å². The van der Waals surface area contributed by atoms with Gasteiger partial charge in [-0.25, -0.2) is 17.4 Å². The first-order valence-electron chi connectivity index (χ1n) is 23.8. The molecule has 0 atom stereocenters. The molecule has 0 spiro atoms. The minimum absolute atomic E-state index is 0. The summed E-state index contributed by atoms with van der Waals surface area (Å²) >= 11 is 12.5. The van der Waals surface area contributed by atoms with Crippen LogP contribution in [0.4, 0.5) is 0 Å². The van der Waals surface area contributed by atoms with Crippen LogP contribution in [-0.4, -0.2) is 63.8 Å². The van der Waals surface area contributed by atoms with Crippen LogP contribution in [0.2, 0.25) is 10.0 Å². The number of aromatic nitrogens is 3. The quantitative estimate of drug-likeness (QED) is 0.126. The molecule has 0 bridgehead atoms. The molecule has 2 fully saturated rings. The zero-order valence-electron chi connectivity index (χ0n) is 39.9. The number of benzene rings is 5. The first-order chi connectivity index (χ1) is 33.1. The van der Waals surface area contributed by atoms with Gasteiger partial charge >= 0.3 is 29.6 Å². The van der Waals surface area contributed by atoms with Crippen molar-refractivity contribution in [2.24, 2.45) is 0 Å². The standard InChI is InChI=1S/C32H30ClN3O2S.C26H25ClN2.Na.H2O/c1-23-8-14-29(15-9-23)39(37,38)36-22-31(26-6-5-7-28(33)18-26)30-19-27(20-34-32(30)36)25-12-10-24(11-13-25)21-35-16-3-2-4-17-35;27-23-6-4-5-21(15-23)24-11-12-26-25(24)16-22(17-28-26)20-9-7-19(8-10-20)18-29-13-2-1-3-14-29;;/h5-15,18-20,22H,2-4,16-17,21H2,1H3;4-11,15-17H,1-3,12-14,18H2;;1H2/q;;+1;/p-1. The summed E-state index contributed by atoms with van der Waals surface area (Å²) in [7, 11) is -3.86. The van der Waals surface area contributed by atoms with Crippen LogP contribution in [0.5, 0.6) is 0 Å². The van der Waals surface area contributed by atoms with Crippen LogP contribution in [0, 0.1) is 6.92 Å². The van der Waals surface area contributed by atoms with Crippen molar-refractivity contribution in [3.05, 3.63) is 202 Å². The number of aryl methyl sites for hydroxylation is 1. The van der Waals surface area contributed by atoms with Crippen molar-refractivity contribution >= 4 is 49.8 Å². The van der Waals surface area contributed by atoms with Crippen LogP contribution in [0.15, 0.2) is 163 Å². The van der Waals surface area contributed by atoms with Gasteiger partial charge in [-0.2, -0.15) is 0 Å². The average molecular weight is 997 g/mol. The monoisotopic (exact) mass is 995 g/mol. The second-order valence-electron chi connectivity index (χ2n) is 18.4. The van der Waals surface area contributed by atoms with E-state index in [1.807, 2.05) is 61.7 Å². The number of likely N-dealkylation sites (tertiary alicyclic amines) is 2. The van der Waals surface area contributed by atoms with E-state index in [0.29, 0.717) is 10.7 Å². The van der Waals surface area contributed by atoms with Gasteiger partial charge in [-0.05, 0) is 146 Å². The molecular formula is C58H56Cl2N5NaO3S. The van der Waals surface area contributed by atoms with Crippen LogP contribution >= 0.6 is 23.2 Å². The molecule has 0 amide bonds. The number of fused-ring (bicyclic) bond motifs is 2. The van der Waals surface area contributed by atoms with E-state index >= 15 is 0 Å². The molecule has 2 aliphatic heterocycles. The number of rotatable bonds is 10. The van der Waals surface area contributed by atoms with E-state index in [9.17, 15) is 8.42 Å². The summed E-state index contributed by atoms with van der Waals surface area (Å²) in [6.07, 6.45) is 16.5. The molecule has 2 saturated heterocycles. The predicted molar refractivity (Wildman–Crippen MR) is 281 cm³/mol. The molecule has 0 saturated carbocycles. The minimum atomic E-state index is -3.86. The molecule has 352 valence electrons. The van der Waals surface area contributed by atoms with E-state index < -0.39 is 10.0 Å². The molecule has 12 heteroatoms. The van der Waals surface area contributed by atoms with Crippen LogP contribution in [0.3, 0.4) is 0 Å². The van der Waals surface area contributed by atoms with Crippen LogP contribution in [0.25, 0.3) is 50.0 Å². The Morgan fingerprint density at radius 3 is 1.66 bits per heavy atom. The zero-order valence-corrected chi connectivity index (χ0v) is 44.2. The molecule has 8 aromatic rings. The molecule has 1 N–H and O–H groups in total. The maximum atomic E-state index is 13.7. The van der Waals surface area contributed by atoms with E-state index in [0.717, 1.165) is 82.1 Å². The van der Waals surface area contributed by atoms with Gasteiger partial charge in [-0.3, -0.25) is 14.8 Å². The Morgan fingerprint density at radius 1 is 0.557 bits per heavy atom. The van der Waals surface area contributed by atoms with Crippen LogP contribution in [0.1, 0.15) is 72.0 Å². The molecule has 5 aromatic carbocycles. The van der Waals surface area contributed by atoms with Gasteiger partial charge in [0.05, 0.1) is 10.6 Å². The van der Waals surface area contributed by atoms with Crippen LogP contribution in [-0.2, 0) is 29.5 Å². The summed E-state index contributed by atoms with van der Waals surface area (Å²) in [6.45, 7) is 8.75. The molecule has 8 nitrogen and oxygen atoms in total. The smallest absolute Gasteiger partial charge is 0.870 e. The molecule has 70 heavy (non-hydrogen) atoms. The van der Waals surface area contributed by atoms with Crippen LogP contribution < -0.4 is 29.6 Å². The van der Waals surface area contributed by atoms with Gasteiger partial charge in [-0.1, -0.05) is 133 Å². The summed E-state index contributed by atoms with van der Waals surface area (Å²) < 4.78 is 28.7. The number of nitrogens with zero attached hydrogens (tertiary/aromatic N) is 5. The normalized spacial score (nSPS) is 15.0. The maximum absolute atomic E-state index is 13.7. The first kappa shape index (κ1) is 51.4. The molecule has 5 heterocycles. The van der Waals surface area contributed by atoms with Gasteiger partial charge in [0.1, 0.15) is 0 Å². The number of piperidine rings is 2. The summed E-state index contributed by atoms with van der Waals surface area (Å²) in [5.74, 6) is 0. The summed E-state index contributed by atoms with van der Waals surface area (Å²) in [4.78, 5) is 14.8. The van der Waals surface area contributed by atoms with Crippen molar-refractivity contribution in [2.75, 3.05) is 26.2 Å². The van der Waals surface area contributed by atoms with Crippen molar-refractivity contribution in [3.8, 4) is 33.4 Å². The largest absolute Gasteiger partial charge is 1.00 e. The second-order valence-corrected chi connectivity index (χ2v) is 21.1. The van der Waals surface area contributed by atoms with E-state index in [1.54, 1.807) is 36.7 Å². The number of halogens is 2. The summed E-state index contributed by atoms with van der Waals surface area (Å²) in [6, 6.07) is 44.3. The third-order valence-electron chi connectivity index (χ3n) is 13.5. The van der Waals surface area contributed by atoms with Crippen molar-refractivity contribution in [1.29, 1.82) is 0 Å². The topological polar surface area (TPSA) is 101 Å². The first-order valence-corrected chi connectivity index (χ1v) is 26.0.